The average molecular weight is 248 g/mol. The highest BCUT2D eigenvalue weighted by atomic mass is 16.3. The molecule has 1 heterocycles. The van der Waals surface area contributed by atoms with Crippen molar-refractivity contribution >= 4 is 5.69 Å². The van der Waals surface area contributed by atoms with Crippen LogP contribution >= 0.6 is 0 Å². The zero-order valence-corrected chi connectivity index (χ0v) is 11.6. The van der Waals surface area contributed by atoms with Crippen LogP contribution < -0.4 is 5.32 Å². The molecule has 0 saturated carbocycles. The SMILES string of the molecule is CC1CN(C)C(C)CC1Nc1ccc(CO)cc1. The highest BCUT2D eigenvalue weighted by molar-refractivity contribution is 5.45. The molecule has 3 unspecified atom stereocenters. The molecule has 2 rings (SSSR count). The maximum absolute atomic E-state index is 9.03. The Labute approximate surface area is 110 Å². The Morgan fingerprint density at radius 3 is 2.56 bits per heavy atom. The van der Waals surface area contributed by atoms with Gasteiger partial charge in [-0.3, -0.25) is 0 Å². The number of piperidine rings is 1. The minimum Gasteiger partial charge on any atom is -0.392 e. The van der Waals surface area contributed by atoms with Gasteiger partial charge in [-0.1, -0.05) is 19.1 Å². The summed E-state index contributed by atoms with van der Waals surface area (Å²) in [5.74, 6) is 0.656. The molecule has 100 valence electrons. The third-order valence-corrected chi connectivity index (χ3v) is 4.10. The Hall–Kier alpha value is -1.06. The van der Waals surface area contributed by atoms with E-state index in [2.05, 4.69) is 43.2 Å². The number of rotatable bonds is 3. The Kier molecular flexibility index (Phi) is 4.25. The summed E-state index contributed by atoms with van der Waals surface area (Å²) in [5, 5.41) is 12.7. The van der Waals surface area contributed by atoms with Crippen LogP contribution in [0.15, 0.2) is 24.3 Å². The van der Waals surface area contributed by atoms with E-state index >= 15 is 0 Å². The van der Waals surface area contributed by atoms with Gasteiger partial charge in [0.25, 0.3) is 0 Å². The molecular formula is C15H24N2O. The van der Waals surface area contributed by atoms with Crippen molar-refractivity contribution in [1.29, 1.82) is 0 Å². The molecule has 2 N–H and O–H groups in total. The number of nitrogens with zero attached hydrogens (tertiary/aromatic N) is 1. The number of nitrogens with one attached hydrogen (secondary N) is 1. The van der Waals surface area contributed by atoms with E-state index in [-0.39, 0.29) is 6.61 Å². The lowest BCUT2D eigenvalue weighted by Gasteiger charge is -2.40. The van der Waals surface area contributed by atoms with Crippen molar-refractivity contribution in [2.45, 2.75) is 39.0 Å². The summed E-state index contributed by atoms with van der Waals surface area (Å²) in [6.07, 6.45) is 1.18. The molecule has 0 spiro atoms. The Morgan fingerprint density at radius 1 is 1.28 bits per heavy atom. The monoisotopic (exact) mass is 248 g/mol. The summed E-state index contributed by atoms with van der Waals surface area (Å²) in [4.78, 5) is 2.43. The first kappa shape index (κ1) is 13.4. The minimum atomic E-state index is 0.113. The molecule has 1 aliphatic rings. The molecule has 1 saturated heterocycles. The summed E-state index contributed by atoms with van der Waals surface area (Å²) in [6, 6.07) is 9.24. The molecule has 1 aromatic rings. The largest absolute Gasteiger partial charge is 0.392 e. The van der Waals surface area contributed by atoms with Gasteiger partial charge >= 0.3 is 0 Å². The van der Waals surface area contributed by atoms with Crippen LogP contribution in [0.1, 0.15) is 25.8 Å². The number of aliphatic hydroxyl groups is 1. The van der Waals surface area contributed by atoms with Crippen LogP contribution in [-0.2, 0) is 6.61 Å². The fourth-order valence-electron chi connectivity index (χ4n) is 2.66. The second-order valence-corrected chi connectivity index (χ2v) is 5.61. The summed E-state index contributed by atoms with van der Waals surface area (Å²) in [6.45, 7) is 5.85. The first-order valence-corrected chi connectivity index (χ1v) is 6.76. The molecule has 3 heteroatoms. The number of hydrogen-bond acceptors (Lipinski definition) is 3. The Balaban J connectivity index is 1.99. The van der Waals surface area contributed by atoms with Gasteiger partial charge in [0.2, 0.25) is 0 Å². The van der Waals surface area contributed by atoms with E-state index in [1.54, 1.807) is 0 Å². The lowest BCUT2D eigenvalue weighted by Crippen LogP contribution is -2.48. The van der Waals surface area contributed by atoms with Gasteiger partial charge in [-0.2, -0.15) is 0 Å². The maximum atomic E-state index is 9.03. The van der Waals surface area contributed by atoms with Gasteiger partial charge in [-0.05, 0) is 44.0 Å². The first-order chi connectivity index (χ1) is 8.60. The highest BCUT2D eigenvalue weighted by Gasteiger charge is 2.28. The van der Waals surface area contributed by atoms with Crippen LogP contribution in [0.25, 0.3) is 0 Å². The van der Waals surface area contributed by atoms with Gasteiger partial charge in [-0.25, -0.2) is 0 Å². The number of aliphatic hydroxyl groups excluding tert-OH is 1. The summed E-state index contributed by atoms with van der Waals surface area (Å²) in [7, 11) is 2.20. The van der Waals surface area contributed by atoms with Gasteiger partial charge in [0.05, 0.1) is 6.61 Å². The van der Waals surface area contributed by atoms with Crippen LogP contribution in [0, 0.1) is 5.92 Å². The lowest BCUT2D eigenvalue weighted by molar-refractivity contribution is 0.145. The molecule has 0 radical (unpaired) electrons. The molecule has 1 aliphatic heterocycles. The van der Waals surface area contributed by atoms with Crippen LogP contribution in [0.5, 0.6) is 0 Å². The molecule has 3 atom stereocenters. The topological polar surface area (TPSA) is 35.5 Å². The van der Waals surface area contributed by atoms with Crippen LogP contribution in [0.4, 0.5) is 5.69 Å². The summed E-state index contributed by atoms with van der Waals surface area (Å²) in [5.41, 5.74) is 2.12. The predicted molar refractivity (Wildman–Crippen MR) is 75.6 cm³/mol. The molecule has 18 heavy (non-hydrogen) atoms. The number of anilines is 1. The predicted octanol–water partition coefficient (Wildman–Crippen LogP) is 2.32. The zero-order valence-electron chi connectivity index (χ0n) is 11.6. The maximum Gasteiger partial charge on any atom is 0.0681 e. The fourth-order valence-corrected chi connectivity index (χ4v) is 2.66. The van der Waals surface area contributed by atoms with E-state index in [0.717, 1.165) is 17.8 Å². The van der Waals surface area contributed by atoms with Gasteiger partial charge in [0, 0.05) is 24.3 Å². The molecule has 0 aliphatic carbocycles. The smallest absolute Gasteiger partial charge is 0.0681 e. The molecule has 0 bridgehead atoms. The molecule has 1 aromatic carbocycles. The molecular weight excluding hydrogens is 224 g/mol. The summed E-state index contributed by atoms with van der Waals surface area (Å²) >= 11 is 0. The fraction of sp³-hybridized carbons (Fsp3) is 0.600. The van der Waals surface area contributed by atoms with E-state index in [1.165, 1.54) is 6.42 Å². The Bertz CT molecular complexity index is 377. The second-order valence-electron chi connectivity index (χ2n) is 5.61. The van der Waals surface area contributed by atoms with E-state index in [9.17, 15) is 0 Å². The Morgan fingerprint density at radius 2 is 1.94 bits per heavy atom. The van der Waals surface area contributed by atoms with Crippen molar-refractivity contribution in [2.75, 3.05) is 18.9 Å². The third kappa shape index (κ3) is 3.03. The molecule has 0 aromatic heterocycles. The van der Waals surface area contributed by atoms with E-state index in [4.69, 9.17) is 5.11 Å². The van der Waals surface area contributed by atoms with E-state index in [1.807, 2.05) is 12.1 Å². The average Bonchev–Trinajstić information content (AvgIpc) is 2.37. The zero-order chi connectivity index (χ0) is 13.1. The number of hydrogen-bond donors (Lipinski definition) is 2. The van der Waals surface area contributed by atoms with Gasteiger partial charge < -0.3 is 15.3 Å². The number of likely N-dealkylation sites (tertiary alicyclic amines) is 1. The highest BCUT2D eigenvalue weighted by Crippen LogP contribution is 2.24. The molecule has 3 nitrogen and oxygen atoms in total. The second kappa shape index (κ2) is 5.72. The van der Waals surface area contributed by atoms with Crippen LogP contribution in [-0.4, -0.2) is 35.7 Å². The molecule has 0 amide bonds. The quantitative estimate of drug-likeness (QED) is 0.861. The minimum absolute atomic E-state index is 0.113. The van der Waals surface area contributed by atoms with Crippen molar-refractivity contribution in [3.05, 3.63) is 29.8 Å². The van der Waals surface area contributed by atoms with E-state index in [0.29, 0.717) is 18.0 Å². The van der Waals surface area contributed by atoms with Crippen LogP contribution in [0.2, 0.25) is 0 Å². The van der Waals surface area contributed by atoms with Crippen molar-refractivity contribution in [1.82, 2.24) is 4.90 Å². The van der Waals surface area contributed by atoms with Crippen molar-refractivity contribution in [3.63, 3.8) is 0 Å². The third-order valence-electron chi connectivity index (χ3n) is 4.10. The van der Waals surface area contributed by atoms with Gasteiger partial charge in [0.1, 0.15) is 0 Å². The van der Waals surface area contributed by atoms with Crippen molar-refractivity contribution in [3.8, 4) is 0 Å². The van der Waals surface area contributed by atoms with Crippen molar-refractivity contribution in [2.24, 2.45) is 5.92 Å². The van der Waals surface area contributed by atoms with Crippen LogP contribution in [0.3, 0.4) is 0 Å². The summed E-state index contributed by atoms with van der Waals surface area (Å²) < 4.78 is 0. The van der Waals surface area contributed by atoms with Gasteiger partial charge in [-0.15, -0.1) is 0 Å². The lowest BCUT2D eigenvalue weighted by atomic mass is 9.89. The number of benzene rings is 1. The van der Waals surface area contributed by atoms with Gasteiger partial charge in [0.15, 0.2) is 0 Å². The normalized spacial score (nSPS) is 29.2. The van der Waals surface area contributed by atoms with Crippen molar-refractivity contribution < 1.29 is 5.11 Å². The standard InChI is InChI=1S/C15H24N2O/c1-11-9-17(3)12(2)8-15(11)16-14-6-4-13(10-18)5-7-14/h4-7,11-12,15-16,18H,8-10H2,1-3H3. The first-order valence-electron chi connectivity index (χ1n) is 6.76. The molecule has 1 fully saturated rings. The van der Waals surface area contributed by atoms with E-state index < -0.39 is 0 Å².